The summed E-state index contributed by atoms with van der Waals surface area (Å²) in [5, 5.41) is 0.587. The Hall–Kier alpha value is -1.02. The van der Waals surface area contributed by atoms with Crippen LogP contribution in [-0.4, -0.2) is 36.1 Å². The largest absolute Gasteiger partial charge is 0.383 e. The number of nitrogen functional groups attached to an aromatic ring is 2. The molecule has 0 unspecified atom stereocenters. The van der Waals surface area contributed by atoms with Crippen molar-refractivity contribution in [3.8, 4) is 0 Å². The maximum absolute atomic E-state index is 10.9. The monoisotopic (exact) mass is 248 g/mol. The molecule has 1 aromatic heterocycles. The van der Waals surface area contributed by atoms with Crippen LogP contribution in [0.15, 0.2) is 11.1 Å². The maximum atomic E-state index is 10.9. The summed E-state index contributed by atoms with van der Waals surface area (Å²) >= 11 is 1.29. The van der Waals surface area contributed by atoms with E-state index in [1.807, 2.05) is 0 Å². The quantitative estimate of drug-likeness (QED) is 0.559. The lowest BCUT2D eigenvalue weighted by molar-refractivity contribution is 0.603. The Bertz CT molecular complexity index is 426. The predicted molar refractivity (Wildman–Crippen MR) is 61.3 cm³/mol. The molecule has 0 fully saturated rings. The number of sulfone groups is 1. The predicted octanol–water partition coefficient (Wildman–Crippen LogP) is -0.222. The van der Waals surface area contributed by atoms with Crippen molar-refractivity contribution in [1.82, 2.24) is 9.97 Å². The van der Waals surface area contributed by atoms with E-state index < -0.39 is 9.84 Å². The average molecular weight is 248 g/mol. The molecule has 1 heterocycles. The first-order chi connectivity index (χ1) is 6.87. The number of rotatable bonds is 4. The van der Waals surface area contributed by atoms with Gasteiger partial charge in [0.1, 0.15) is 20.7 Å². The Labute approximate surface area is 92.4 Å². The Morgan fingerprint density at radius 2 is 2.07 bits per heavy atom. The van der Waals surface area contributed by atoms with Crippen LogP contribution in [0.5, 0.6) is 0 Å². The molecule has 0 radical (unpaired) electrons. The standard InChI is InChI=1S/C7H12N4O2S2/c1-15(12,13)3-2-14-6-4-5(8)10-7(9)11-6/h4H,2-3H2,1H3,(H4,8,9,10,11). The maximum Gasteiger partial charge on any atom is 0.223 e. The summed E-state index contributed by atoms with van der Waals surface area (Å²) in [6, 6.07) is 1.56. The second kappa shape index (κ2) is 4.67. The molecule has 0 aliphatic carbocycles. The van der Waals surface area contributed by atoms with Gasteiger partial charge < -0.3 is 11.5 Å². The van der Waals surface area contributed by atoms with Crippen LogP contribution in [0.3, 0.4) is 0 Å². The van der Waals surface area contributed by atoms with E-state index in [0.717, 1.165) is 0 Å². The van der Waals surface area contributed by atoms with Crippen LogP contribution in [0.2, 0.25) is 0 Å². The molecule has 0 aliphatic heterocycles. The fourth-order valence-electron chi connectivity index (χ4n) is 0.833. The molecule has 4 N–H and O–H groups in total. The van der Waals surface area contributed by atoms with Crippen LogP contribution >= 0.6 is 11.8 Å². The summed E-state index contributed by atoms with van der Waals surface area (Å²) in [5.41, 5.74) is 10.8. The van der Waals surface area contributed by atoms with Gasteiger partial charge in [0.15, 0.2) is 0 Å². The van der Waals surface area contributed by atoms with Crippen molar-refractivity contribution in [3.63, 3.8) is 0 Å². The first-order valence-corrected chi connectivity index (χ1v) is 7.12. The number of hydrogen-bond acceptors (Lipinski definition) is 7. The average Bonchev–Trinajstić information content (AvgIpc) is 1.99. The number of nitrogens with two attached hydrogens (primary N) is 2. The minimum atomic E-state index is -2.94. The van der Waals surface area contributed by atoms with Gasteiger partial charge in [0.05, 0.1) is 5.75 Å². The highest BCUT2D eigenvalue weighted by molar-refractivity contribution is 8.00. The smallest absolute Gasteiger partial charge is 0.223 e. The topological polar surface area (TPSA) is 112 Å². The molecule has 0 saturated heterocycles. The van der Waals surface area contributed by atoms with Gasteiger partial charge in [-0.25, -0.2) is 13.4 Å². The van der Waals surface area contributed by atoms with Crippen molar-refractivity contribution in [2.24, 2.45) is 0 Å². The van der Waals surface area contributed by atoms with Gasteiger partial charge in [-0.1, -0.05) is 0 Å². The van der Waals surface area contributed by atoms with Gasteiger partial charge in [0, 0.05) is 18.1 Å². The summed E-state index contributed by atoms with van der Waals surface area (Å²) < 4.78 is 21.7. The zero-order valence-electron chi connectivity index (χ0n) is 8.17. The fraction of sp³-hybridized carbons (Fsp3) is 0.429. The molecule has 0 aromatic carbocycles. The van der Waals surface area contributed by atoms with Gasteiger partial charge in [-0.3, -0.25) is 0 Å². The lowest BCUT2D eigenvalue weighted by Crippen LogP contribution is -2.06. The zero-order chi connectivity index (χ0) is 11.5. The molecule has 0 saturated carbocycles. The SMILES string of the molecule is CS(=O)(=O)CCSc1cc(N)nc(N)n1. The third kappa shape index (κ3) is 4.84. The summed E-state index contributed by atoms with van der Waals surface area (Å²) in [5.74, 6) is 0.900. The van der Waals surface area contributed by atoms with Crippen LogP contribution < -0.4 is 11.5 Å². The van der Waals surface area contributed by atoms with E-state index in [2.05, 4.69) is 9.97 Å². The van der Waals surface area contributed by atoms with Crippen LogP contribution in [0.1, 0.15) is 0 Å². The van der Waals surface area contributed by atoms with Crippen molar-refractivity contribution < 1.29 is 8.42 Å². The third-order valence-electron chi connectivity index (χ3n) is 1.44. The molecular formula is C7H12N4O2S2. The lowest BCUT2D eigenvalue weighted by Gasteiger charge is -2.01. The molecule has 6 nitrogen and oxygen atoms in total. The number of anilines is 2. The van der Waals surface area contributed by atoms with Crippen LogP contribution in [0.25, 0.3) is 0 Å². The molecule has 0 amide bonds. The van der Waals surface area contributed by atoms with E-state index in [1.165, 1.54) is 18.0 Å². The van der Waals surface area contributed by atoms with E-state index in [9.17, 15) is 8.42 Å². The molecule has 0 spiro atoms. The third-order valence-corrected chi connectivity index (χ3v) is 3.56. The van der Waals surface area contributed by atoms with Gasteiger partial charge >= 0.3 is 0 Å². The van der Waals surface area contributed by atoms with Gasteiger partial charge in [0.2, 0.25) is 5.95 Å². The number of thioether (sulfide) groups is 1. The summed E-state index contributed by atoms with van der Waals surface area (Å²) in [7, 11) is -2.94. The minimum absolute atomic E-state index is 0.0943. The fourth-order valence-corrected chi connectivity index (χ4v) is 2.95. The van der Waals surface area contributed by atoms with E-state index in [1.54, 1.807) is 6.07 Å². The highest BCUT2D eigenvalue weighted by atomic mass is 32.2. The highest BCUT2D eigenvalue weighted by Gasteiger charge is 2.04. The molecule has 0 atom stereocenters. The first-order valence-electron chi connectivity index (χ1n) is 4.07. The van der Waals surface area contributed by atoms with Gasteiger partial charge in [-0.05, 0) is 0 Å². The Morgan fingerprint density at radius 1 is 1.40 bits per heavy atom. The van der Waals surface area contributed by atoms with Crippen molar-refractivity contribution >= 4 is 33.4 Å². The molecule has 0 bridgehead atoms. The molecule has 8 heteroatoms. The minimum Gasteiger partial charge on any atom is -0.383 e. The van der Waals surface area contributed by atoms with Crippen LogP contribution in [0, 0.1) is 0 Å². The van der Waals surface area contributed by atoms with Crippen molar-refractivity contribution in [3.05, 3.63) is 6.07 Å². The highest BCUT2D eigenvalue weighted by Crippen LogP contribution is 2.17. The van der Waals surface area contributed by atoms with E-state index in [4.69, 9.17) is 11.5 Å². The first kappa shape index (κ1) is 12.1. The molecule has 1 aromatic rings. The van der Waals surface area contributed by atoms with Crippen molar-refractivity contribution in [1.29, 1.82) is 0 Å². The van der Waals surface area contributed by atoms with E-state index in [0.29, 0.717) is 10.8 Å². The summed E-state index contributed by atoms with van der Waals surface area (Å²) in [6.07, 6.45) is 1.19. The van der Waals surface area contributed by atoms with Crippen LogP contribution in [0.4, 0.5) is 11.8 Å². The number of nitrogens with zero attached hydrogens (tertiary/aromatic N) is 2. The van der Waals surface area contributed by atoms with Crippen molar-refractivity contribution in [2.45, 2.75) is 5.03 Å². The number of hydrogen-bond donors (Lipinski definition) is 2. The summed E-state index contributed by atoms with van der Waals surface area (Å²) in [4.78, 5) is 7.61. The Kier molecular flexibility index (Phi) is 3.75. The van der Waals surface area contributed by atoms with E-state index in [-0.39, 0.29) is 17.5 Å². The van der Waals surface area contributed by atoms with Crippen molar-refractivity contribution in [2.75, 3.05) is 29.2 Å². The Balaban J connectivity index is 2.58. The molecule has 1 rings (SSSR count). The molecular weight excluding hydrogens is 236 g/mol. The molecule has 0 aliphatic rings. The normalized spacial score (nSPS) is 11.5. The molecule has 84 valence electrons. The number of aromatic nitrogens is 2. The second-order valence-corrected chi connectivity index (χ2v) is 6.34. The zero-order valence-corrected chi connectivity index (χ0v) is 9.81. The summed E-state index contributed by atoms with van der Waals surface area (Å²) in [6.45, 7) is 0. The van der Waals surface area contributed by atoms with Gasteiger partial charge in [-0.2, -0.15) is 4.98 Å². The second-order valence-electron chi connectivity index (χ2n) is 2.97. The van der Waals surface area contributed by atoms with Crippen LogP contribution in [-0.2, 0) is 9.84 Å². The van der Waals surface area contributed by atoms with Gasteiger partial charge in [-0.15, -0.1) is 11.8 Å². The lowest BCUT2D eigenvalue weighted by atomic mass is 10.6. The molecule has 15 heavy (non-hydrogen) atoms. The van der Waals surface area contributed by atoms with E-state index >= 15 is 0 Å². The Morgan fingerprint density at radius 3 is 2.60 bits per heavy atom. The van der Waals surface area contributed by atoms with Gasteiger partial charge in [0.25, 0.3) is 0 Å².